The summed E-state index contributed by atoms with van der Waals surface area (Å²) < 4.78 is 25.4. The zero-order valence-corrected chi connectivity index (χ0v) is 21.7. The molecule has 1 atom stereocenters. The van der Waals surface area contributed by atoms with Gasteiger partial charge in [-0.25, -0.2) is 19.3 Å². The van der Waals surface area contributed by atoms with Crippen LogP contribution in [0.15, 0.2) is 49.1 Å². The Balaban J connectivity index is 1.63. The van der Waals surface area contributed by atoms with Gasteiger partial charge in [0.1, 0.15) is 18.0 Å². The van der Waals surface area contributed by atoms with Crippen LogP contribution in [-0.2, 0) is 0 Å². The molecule has 11 heteroatoms. The van der Waals surface area contributed by atoms with Crippen molar-refractivity contribution in [1.29, 1.82) is 0 Å². The maximum Gasteiger partial charge on any atom is 0.256 e. The molecule has 37 heavy (non-hydrogen) atoms. The molecule has 0 aliphatic heterocycles. The number of benzene rings is 1. The fraction of sp³-hybridized carbons (Fsp3) is 0.269. The second kappa shape index (κ2) is 11.8. The summed E-state index contributed by atoms with van der Waals surface area (Å²) >= 11 is 1.67. The molecule has 1 unspecified atom stereocenters. The van der Waals surface area contributed by atoms with Crippen LogP contribution in [0.3, 0.4) is 0 Å². The van der Waals surface area contributed by atoms with Crippen LogP contribution >= 0.6 is 11.8 Å². The van der Waals surface area contributed by atoms with Gasteiger partial charge in [0, 0.05) is 54.7 Å². The number of aromatic nitrogens is 4. The van der Waals surface area contributed by atoms with Gasteiger partial charge in [-0.2, -0.15) is 11.8 Å². The monoisotopic (exact) mass is 522 g/mol. The molecule has 2 N–H and O–H groups in total. The number of hydrogen-bond donors (Lipinski definition) is 2. The molecule has 0 radical (unpaired) electrons. The average molecular weight is 523 g/mol. The fourth-order valence-electron chi connectivity index (χ4n) is 4.07. The number of carbonyl (C=O) groups excluding carboxylic acids is 1. The molecule has 3 aromatic heterocycles. The van der Waals surface area contributed by atoms with Crippen molar-refractivity contribution in [3.05, 3.63) is 66.0 Å². The van der Waals surface area contributed by atoms with Gasteiger partial charge in [0.15, 0.2) is 5.75 Å². The number of anilines is 1. The summed E-state index contributed by atoms with van der Waals surface area (Å²) in [6.07, 6.45) is 6.68. The SMILES string of the molecule is CNC(=O)c1ccnc2c(C(CNc3cc(-c4cnc(OC)c(OC)c4)ncn3)CSC)ccc(F)c12. The highest BCUT2D eigenvalue weighted by molar-refractivity contribution is 7.98. The average Bonchev–Trinajstić information content (AvgIpc) is 2.94. The van der Waals surface area contributed by atoms with E-state index in [1.165, 1.54) is 38.8 Å². The lowest BCUT2D eigenvalue weighted by molar-refractivity contribution is 0.0964. The first-order chi connectivity index (χ1) is 18.0. The molecule has 0 aliphatic carbocycles. The van der Waals surface area contributed by atoms with E-state index in [1.807, 2.05) is 12.3 Å². The molecule has 0 spiro atoms. The number of pyridine rings is 2. The van der Waals surface area contributed by atoms with Crippen molar-refractivity contribution < 1.29 is 18.7 Å². The number of nitrogens with one attached hydrogen (secondary N) is 2. The maximum atomic E-state index is 14.9. The van der Waals surface area contributed by atoms with E-state index in [1.54, 1.807) is 37.2 Å². The fourth-order valence-corrected chi connectivity index (χ4v) is 4.77. The van der Waals surface area contributed by atoms with Gasteiger partial charge in [-0.05, 0) is 30.0 Å². The molecule has 9 nitrogen and oxygen atoms in total. The quantitative estimate of drug-likeness (QED) is 0.317. The Morgan fingerprint density at radius 2 is 1.95 bits per heavy atom. The summed E-state index contributed by atoms with van der Waals surface area (Å²) in [6.45, 7) is 0.508. The summed E-state index contributed by atoms with van der Waals surface area (Å²) in [4.78, 5) is 29.8. The van der Waals surface area contributed by atoms with E-state index >= 15 is 0 Å². The molecule has 3 heterocycles. The second-order valence-electron chi connectivity index (χ2n) is 8.06. The van der Waals surface area contributed by atoms with Crippen LogP contribution in [0.25, 0.3) is 22.2 Å². The minimum absolute atomic E-state index is 0.0355. The summed E-state index contributed by atoms with van der Waals surface area (Å²) in [5, 5.41) is 6.16. The van der Waals surface area contributed by atoms with Gasteiger partial charge in [0.25, 0.3) is 11.8 Å². The van der Waals surface area contributed by atoms with Crippen LogP contribution in [-0.4, -0.2) is 65.7 Å². The Morgan fingerprint density at radius 1 is 1.11 bits per heavy atom. The largest absolute Gasteiger partial charge is 0.491 e. The minimum atomic E-state index is -0.481. The topological polar surface area (TPSA) is 111 Å². The second-order valence-corrected chi connectivity index (χ2v) is 8.97. The number of carbonyl (C=O) groups is 1. The summed E-state index contributed by atoms with van der Waals surface area (Å²) in [6, 6.07) is 8.29. The molecule has 0 saturated heterocycles. The zero-order chi connectivity index (χ0) is 26.4. The van der Waals surface area contributed by atoms with Gasteiger partial charge in [0.05, 0.1) is 31.0 Å². The van der Waals surface area contributed by atoms with E-state index in [0.29, 0.717) is 35.2 Å². The highest BCUT2D eigenvalue weighted by Gasteiger charge is 2.21. The minimum Gasteiger partial charge on any atom is -0.491 e. The Labute approximate surface area is 218 Å². The van der Waals surface area contributed by atoms with Crippen molar-refractivity contribution in [2.75, 3.05) is 45.1 Å². The van der Waals surface area contributed by atoms with Gasteiger partial charge in [-0.15, -0.1) is 0 Å². The van der Waals surface area contributed by atoms with Crippen molar-refractivity contribution in [1.82, 2.24) is 25.3 Å². The number of amides is 1. The molecule has 4 aromatic rings. The van der Waals surface area contributed by atoms with Gasteiger partial charge < -0.3 is 20.1 Å². The third-order valence-electron chi connectivity index (χ3n) is 5.88. The predicted molar refractivity (Wildman–Crippen MR) is 143 cm³/mol. The molecule has 1 amide bonds. The summed E-state index contributed by atoms with van der Waals surface area (Å²) in [5.41, 5.74) is 2.99. The van der Waals surface area contributed by atoms with Crippen LogP contribution in [0.1, 0.15) is 21.8 Å². The van der Waals surface area contributed by atoms with Crippen molar-refractivity contribution >= 4 is 34.4 Å². The normalized spacial score (nSPS) is 11.7. The molecule has 0 bridgehead atoms. The van der Waals surface area contributed by atoms with Crippen LogP contribution in [0.5, 0.6) is 11.6 Å². The summed E-state index contributed by atoms with van der Waals surface area (Å²) in [5.74, 6) is 1.38. The lowest BCUT2D eigenvalue weighted by atomic mass is 9.95. The molecule has 4 rings (SSSR count). The number of nitrogens with zero attached hydrogens (tertiary/aromatic N) is 4. The Kier molecular flexibility index (Phi) is 8.34. The number of rotatable bonds is 10. The first kappa shape index (κ1) is 26.1. The van der Waals surface area contributed by atoms with E-state index in [0.717, 1.165) is 16.9 Å². The van der Waals surface area contributed by atoms with Crippen molar-refractivity contribution in [2.45, 2.75) is 5.92 Å². The van der Waals surface area contributed by atoms with E-state index in [4.69, 9.17) is 9.47 Å². The predicted octanol–water partition coefficient (Wildman–Crippen LogP) is 4.16. The standard InChI is InChI=1S/C26H27FN6O3S/c1-28-25(34)18-7-8-29-24-17(5-6-19(27)23(18)24)16(13-37-4)12-30-22-10-20(32-14-33-22)15-9-21(35-2)26(36-3)31-11-15/h5-11,14,16H,12-13H2,1-4H3,(H,28,34)(H,30,32,33). The smallest absolute Gasteiger partial charge is 0.256 e. The number of fused-ring (bicyclic) bond motifs is 1. The van der Waals surface area contributed by atoms with Gasteiger partial charge in [-0.1, -0.05) is 6.07 Å². The van der Waals surface area contributed by atoms with E-state index in [9.17, 15) is 9.18 Å². The van der Waals surface area contributed by atoms with E-state index in [2.05, 4.69) is 30.6 Å². The lowest BCUT2D eigenvalue weighted by Gasteiger charge is -2.20. The number of halogens is 1. The van der Waals surface area contributed by atoms with Crippen LogP contribution in [0.2, 0.25) is 0 Å². The number of ether oxygens (including phenoxy) is 2. The van der Waals surface area contributed by atoms with E-state index < -0.39 is 5.82 Å². The molecule has 1 aromatic carbocycles. The third-order valence-corrected chi connectivity index (χ3v) is 6.61. The summed E-state index contributed by atoms with van der Waals surface area (Å²) in [7, 11) is 4.60. The maximum absolute atomic E-state index is 14.9. The molecule has 0 aliphatic rings. The van der Waals surface area contributed by atoms with Crippen molar-refractivity contribution in [3.8, 4) is 22.9 Å². The van der Waals surface area contributed by atoms with E-state index in [-0.39, 0.29) is 22.8 Å². The Bertz CT molecular complexity index is 1420. The highest BCUT2D eigenvalue weighted by atomic mass is 32.2. The highest BCUT2D eigenvalue weighted by Crippen LogP contribution is 2.32. The van der Waals surface area contributed by atoms with Crippen LogP contribution < -0.4 is 20.1 Å². The third kappa shape index (κ3) is 5.56. The van der Waals surface area contributed by atoms with Gasteiger partial charge >= 0.3 is 0 Å². The molecule has 192 valence electrons. The van der Waals surface area contributed by atoms with Crippen LogP contribution in [0.4, 0.5) is 10.2 Å². The Morgan fingerprint density at radius 3 is 2.68 bits per heavy atom. The van der Waals surface area contributed by atoms with Crippen molar-refractivity contribution in [2.24, 2.45) is 0 Å². The number of methoxy groups -OCH3 is 2. The van der Waals surface area contributed by atoms with Gasteiger partial charge in [0.2, 0.25) is 0 Å². The number of hydrogen-bond acceptors (Lipinski definition) is 9. The molecule has 0 fully saturated rings. The first-order valence-electron chi connectivity index (χ1n) is 11.4. The Hall–Kier alpha value is -3.99. The lowest BCUT2D eigenvalue weighted by Crippen LogP contribution is -2.20. The molecule has 0 saturated carbocycles. The molecular formula is C26H27FN6O3S. The first-order valence-corrected chi connectivity index (χ1v) is 12.8. The van der Waals surface area contributed by atoms with Gasteiger partial charge in [-0.3, -0.25) is 9.78 Å². The molecular weight excluding hydrogens is 495 g/mol. The zero-order valence-electron chi connectivity index (χ0n) is 20.9. The number of thioether (sulfide) groups is 1. The van der Waals surface area contributed by atoms with Crippen molar-refractivity contribution in [3.63, 3.8) is 0 Å². The van der Waals surface area contributed by atoms with Crippen LogP contribution in [0, 0.1) is 5.82 Å².